The van der Waals surface area contributed by atoms with Crippen molar-refractivity contribution in [3.63, 3.8) is 0 Å². The Kier molecular flexibility index (Phi) is 13.0. The van der Waals surface area contributed by atoms with Crippen LogP contribution in [-0.4, -0.2) is 87.1 Å². The summed E-state index contributed by atoms with van der Waals surface area (Å²) in [5.74, 6) is -6.83. The number of allylic oxidation sites excluding steroid dienone is 2. The molecule has 4 heterocycles. The molecule has 2 aliphatic heterocycles. The summed E-state index contributed by atoms with van der Waals surface area (Å²) in [4.78, 5) is 70.5. The first-order valence-electron chi connectivity index (χ1n) is 22.0. The van der Waals surface area contributed by atoms with Crippen molar-refractivity contribution in [3.05, 3.63) is 48.0 Å². The molecule has 0 unspecified atom stereocenters. The zero-order valence-corrected chi connectivity index (χ0v) is 38.2. The third kappa shape index (κ3) is 9.95. The SMILES string of the molecule is CC[C@@H]1C[C@H](C)CC/C=C\[C@@H]2C[C@@]2(C(=O)NS(=O)(=O)C2(C)CC2)CC(=O)[C@@H]2C[C@@H](Oc3nc4cc(-c5ncc(C)o5)ccc4nc3C(F)(F)F)CN2C(=O)[C@H]1CC(=O)OC(C)(C)C(F)(F)F. The van der Waals surface area contributed by atoms with Crippen LogP contribution in [0, 0.1) is 36.0 Å². The van der Waals surface area contributed by atoms with E-state index in [1.165, 1.54) is 31.3 Å². The predicted octanol–water partition coefficient (Wildman–Crippen LogP) is 8.22. The second kappa shape index (κ2) is 17.5. The maximum absolute atomic E-state index is 15.1. The topological polar surface area (TPSA) is 188 Å². The highest BCUT2D eigenvalue weighted by Crippen LogP contribution is 2.58. The number of aryl methyl sites for hydroxylation is 1. The van der Waals surface area contributed by atoms with Gasteiger partial charge in [0.05, 0.1) is 52.3 Å². The number of oxazole rings is 1. The van der Waals surface area contributed by atoms with Crippen LogP contribution in [0.1, 0.15) is 110 Å². The number of aromatic nitrogens is 3. The number of esters is 1. The van der Waals surface area contributed by atoms with Crippen LogP contribution in [0.4, 0.5) is 26.3 Å². The minimum absolute atomic E-state index is 0.0394. The van der Waals surface area contributed by atoms with Gasteiger partial charge in [0.2, 0.25) is 44.9 Å². The lowest BCUT2D eigenvalue weighted by atomic mass is 9.79. The number of rotatable bonds is 10. The number of ether oxygens (including phenoxy) is 2. The van der Waals surface area contributed by atoms with E-state index in [4.69, 9.17) is 13.9 Å². The normalized spacial score (nSPS) is 27.8. The number of alkyl halides is 6. The van der Waals surface area contributed by atoms with Gasteiger partial charge >= 0.3 is 18.3 Å². The van der Waals surface area contributed by atoms with Crippen LogP contribution in [0.5, 0.6) is 5.88 Å². The van der Waals surface area contributed by atoms with Crippen LogP contribution in [-0.2, 0) is 40.1 Å². The molecule has 1 N–H and O–H groups in total. The highest BCUT2D eigenvalue weighted by atomic mass is 32.2. The molecule has 3 fully saturated rings. The molecule has 0 bridgehead atoms. The number of halogens is 6. The second-order valence-electron chi connectivity index (χ2n) is 19.1. The number of carbonyl (C=O) groups is 4. The molecule has 3 aromatic rings. The van der Waals surface area contributed by atoms with E-state index in [1.54, 1.807) is 19.9 Å². The number of carbonyl (C=O) groups excluding carboxylic acids is 4. The molecule has 360 valence electrons. The lowest BCUT2D eigenvalue weighted by Crippen LogP contribution is -2.49. The number of nitrogens with one attached hydrogen (secondary N) is 1. The van der Waals surface area contributed by atoms with Crippen LogP contribution in [0.3, 0.4) is 0 Å². The predicted molar refractivity (Wildman–Crippen MR) is 224 cm³/mol. The average molecular weight is 954 g/mol. The standard InChI is InChI=1S/C45H53F6N5O9S/c1-7-26-16-24(2)10-8-9-11-28-20-43(28,40(60)55-66(61,62)42(6)14-15-42)21-34(57)33-18-29(23-56(33)39(59)30(26)19-35(58)65-41(4,5)45(49,50)51)64-38-36(44(46,47)48)53-31-13-12-27(17-32(31)54-38)37-52-22-25(3)63-37/h9,11-13,17,22,24,26,28-30,33H,7-8,10,14-16,18-21,23H2,1-6H3,(H,55,60)/b11-9-/t24-,26-,28-,29-,30+,33+,43-/m1/s1. The summed E-state index contributed by atoms with van der Waals surface area (Å²) in [5, 5.41) is 0. The van der Waals surface area contributed by atoms with Crippen molar-refractivity contribution in [2.45, 2.75) is 141 Å². The first-order valence-corrected chi connectivity index (χ1v) is 23.5. The van der Waals surface area contributed by atoms with Crippen LogP contribution < -0.4 is 9.46 Å². The van der Waals surface area contributed by atoms with Gasteiger partial charge in [-0.3, -0.25) is 23.9 Å². The molecule has 21 heteroatoms. The van der Waals surface area contributed by atoms with Gasteiger partial charge < -0.3 is 18.8 Å². The minimum atomic E-state index is -5.10. The van der Waals surface area contributed by atoms with Crippen LogP contribution in [0.25, 0.3) is 22.5 Å². The molecular weight excluding hydrogens is 901 g/mol. The number of hydrogen-bond acceptors (Lipinski definition) is 12. The summed E-state index contributed by atoms with van der Waals surface area (Å²) < 4.78 is 130. The molecule has 1 aromatic carbocycles. The minimum Gasteiger partial charge on any atom is -0.471 e. The highest BCUT2D eigenvalue weighted by molar-refractivity contribution is 7.91. The third-order valence-corrected chi connectivity index (χ3v) is 15.8. The van der Waals surface area contributed by atoms with Gasteiger partial charge in [-0.1, -0.05) is 32.4 Å². The summed E-state index contributed by atoms with van der Waals surface area (Å²) in [6.45, 7) is 7.60. The van der Waals surface area contributed by atoms with E-state index in [2.05, 4.69) is 19.7 Å². The van der Waals surface area contributed by atoms with Crippen LogP contribution in [0.15, 0.2) is 41.0 Å². The molecule has 66 heavy (non-hydrogen) atoms. The number of nitrogens with zero attached hydrogens (tertiary/aromatic N) is 4. The molecule has 0 spiro atoms. The molecule has 7 atom stereocenters. The van der Waals surface area contributed by atoms with E-state index in [0.29, 0.717) is 57.3 Å². The van der Waals surface area contributed by atoms with Crippen molar-refractivity contribution >= 4 is 44.6 Å². The molecule has 4 aliphatic rings. The van der Waals surface area contributed by atoms with Crippen LogP contribution >= 0.6 is 0 Å². The van der Waals surface area contributed by atoms with Crippen molar-refractivity contribution < 1.29 is 67.8 Å². The molecule has 2 amide bonds. The number of sulfonamides is 1. The number of Topliss-reactive ketones (excluding diaryl/α,β-unsaturated/α-hetero) is 1. The van der Waals surface area contributed by atoms with Crippen molar-refractivity contribution in [2.75, 3.05) is 6.54 Å². The van der Waals surface area contributed by atoms with Gasteiger partial charge in [-0.15, -0.1) is 0 Å². The quantitative estimate of drug-likeness (QED) is 0.117. The van der Waals surface area contributed by atoms with E-state index >= 15 is 4.79 Å². The zero-order valence-electron chi connectivity index (χ0n) is 37.3. The summed E-state index contributed by atoms with van der Waals surface area (Å²) in [7, 11) is -4.15. The first kappa shape index (κ1) is 48.8. The van der Waals surface area contributed by atoms with Crippen molar-refractivity contribution in [3.8, 4) is 17.3 Å². The van der Waals surface area contributed by atoms with E-state index in [0.717, 1.165) is 4.90 Å². The number of ketones is 1. The smallest absolute Gasteiger partial charge is 0.438 e. The monoisotopic (exact) mass is 953 g/mol. The summed E-state index contributed by atoms with van der Waals surface area (Å²) >= 11 is 0. The molecule has 1 saturated heterocycles. The van der Waals surface area contributed by atoms with Crippen molar-refractivity contribution in [1.29, 1.82) is 0 Å². The molecule has 2 aliphatic carbocycles. The van der Waals surface area contributed by atoms with E-state index in [9.17, 15) is 49.1 Å². The van der Waals surface area contributed by atoms with Gasteiger partial charge in [0.1, 0.15) is 11.9 Å². The molecule has 14 nitrogen and oxygen atoms in total. The maximum atomic E-state index is 15.1. The Morgan fingerprint density at radius 1 is 1.05 bits per heavy atom. The van der Waals surface area contributed by atoms with Crippen LogP contribution in [0.2, 0.25) is 0 Å². The Labute approximate surface area is 377 Å². The van der Waals surface area contributed by atoms with Gasteiger partial charge in [-0.05, 0) is 102 Å². The lowest BCUT2D eigenvalue weighted by molar-refractivity contribution is -0.257. The molecule has 0 radical (unpaired) electrons. The Balaban J connectivity index is 1.28. The number of amides is 2. The Hall–Kier alpha value is -5.08. The van der Waals surface area contributed by atoms with E-state index < -0.39 is 129 Å². The molecule has 2 aromatic heterocycles. The van der Waals surface area contributed by atoms with Gasteiger partial charge in [0.15, 0.2) is 5.78 Å². The average Bonchev–Trinajstić information content (AvgIpc) is 4.02. The molecule has 7 rings (SSSR count). The summed E-state index contributed by atoms with van der Waals surface area (Å²) in [6.07, 6.45) is -5.83. The fourth-order valence-electron chi connectivity index (χ4n) is 8.99. The number of benzene rings is 1. The van der Waals surface area contributed by atoms with Gasteiger partial charge in [0, 0.05) is 18.4 Å². The van der Waals surface area contributed by atoms with Crippen molar-refractivity contribution in [1.82, 2.24) is 24.6 Å². The van der Waals surface area contributed by atoms with Gasteiger partial charge in [-0.2, -0.15) is 26.3 Å². The van der Waals surface area contributed by atoms with E-state index in [1.807, 2.05) is 13.0 Å². The Morgan fingerprint density at radius 2 is 1.76 bits per heavy atom. The van der Waals surface area contributed by atoms with Gasteiger partial charge in [-0.25, -0.2) is 23.4 Å². The van der Waals surface area contributed by atoms with E-state index in [-0.39, 0.29) is 35.7 Å². The first-order chi connectivity index (χ1) is 30.7. The van der Waals surface area contributed by atoms with Crippen molar-refractivity contribution in [2.24, 2.45) is 29.1 Å². The second-order valence-corrected chi connectivity index (χ2v) is 21.3. The summed E-state index contributed by atoms with van der Waals surface area (Å²) in [5.41, 5.74) is -5.81. The fraction of sp³-hybridized carbons (Fsp3) is 0.622. The zero-order chi connectivity index (χ0) is 48.4. The van der Waals surface area contributed by atoms with Gasteiger partial charge in [0.25, 0.3) is 0 Å². The summed E-state index contributed by atoms with van der Waals surface area (Å²) in [6, 6.07) is 2.66. The largest absolute Gasteiger partial charge is 0.471 e. The Bertz CT molecular complexity index is 2540. The molecule has 2 saturated carbocycles. The highest BCUT2D eigenvalue weighted by Gasteiger charge is 2.63. The molecular formula is C45H53F6N5O9S. The number of fused-ring (bicyclic) bond motifs is 3. The maximum Gasteiger partial charge on any atom is 0.438 e. The lowest BCUT2D eigenvalue weighted by Gasteiger charge is -2.34. The number of hydrogen-bond donors (Lipinski definition) is 1. The fourth-order valence-corrected chi connectivity index (χ4v) is 10.3. The third-order valence-electron chi connectivity index (χ3n) is 13.6. The Morgan fingerprint density at radius 3 is 2.38 bits per heavy atom.